The third-order valence-corrected chi connectivity index (χ3v) is 4.32. The molecule has 0 aromatic heterocycles. The minimum atomic E-state index is 0.758. The van der Waals surface area contributed by atoms with Gasteiger partial charge in [-0.2, -0.15) is 5.26 Å². The number of fused-ring (bicyclic) bond motifs is 1. The lowest BCUT2D eigenvalue weighted by atomic mass is 9.91. The molecule has 1 aliphatic heterocycles. The van der Waals surface area contributed by atoms with Gasteiger partial charge in [0.1, 0.15) is 0 Å². The first-order chi connectivity index (χ1) is 8.38. The first kappa shape index (κ1) is 10.7. The van der Waals surface area contributed by atoms with Crippen molar-refractivity contribution in [3.63, 3.8) is 0 Å². The van der Waals surface area contributed by atoms with Crippen LogP contribution in [0.15, 0.2) is 24.3 Å². The first-order valence-electron chi connectivity index (χ1n) is 6.65. The van der Waals surface area contributed by atoms with Gasteiger partial charge in [-0.25, -0.2) is 0 Å². The van der Waals surface area contributed by atoms with Crippen LogP contribution in [0.3, 0.4) is 0 Å². The Hall–Kier alpha value is -1.49. The van der Waals surface area contributed by atoms with Crippen LogP contribution in [0.25, 0.3) is 0 Å². The topological polar surface area (TPSA) is 27.0 Å². The SMILES string of the molecule is N#Cc1ccc(N2CCCC3CCCC32)cc1. The van der Waals surface area contributed by atoms with Crippen molar-refractivity contribution in [3.05, 3.63) is 29.8 Å². The number of hydrogen-bond donors (Lipinski definition) is 0. The zero-order chi connectivity index (χ0) is 11.7. The maximum atomic E-state index is 8.83. The van der Waals surface area contributed by atoms with E-state index in [0.29, 0.717) is 0 Å². The Labute approximate surface area is 103 Å². The highest BCUT2D eigenvalue weighted by Gasteiger charge is 2.34. The molecule has 1 saturated heterocycles. The monoisotopic (exact) mass is 226 g/mol. The van der Waals surface area contributed by atoms with E-state index in [1.54, 1.807) is 0 Å². The summed E-state index contributed by atoms with van der Waals surface area (Å²) < 4.78 is 0. The fourth-order valence-electron chi connectivity index (χ4n) is 3.50. The Kier molecular flexibility index (Phi) is 2.76. The molecular weight excluding hydrogens is 208 g/mol. The van der Waals surface area contributed by atoms with Crippen LogP contribution < -0.4 is 4.90 Å². The quantitative estimate of drug-likeness (QED) is 0.734. The average molecular weight is 226 g/mol. The van der Waals surface area contributed by atoms with Gasteiger partial charge in [0, 0.05) is 18.3 Å². The van der Waals surface area contributed by atoms with Crippen LogP contribution in [0, 0.1) is 17.2 Å². The van der Waals surface area contributed by atoms with E-state index in [2.05, 4.69) is 23.1 Å². The van der Waals surface area contributed by atoms with Crippen molar-refractivity contribution in [2.45, 2.75) is 38.1 Å². The molecule has 1 aliphatic carbocycles. The summed E-state index contributed by atoms with van der Waals surface area (Å²) in [6.45, 7) is 1.19. The van der Waals surface area contributed by atoms with Gasteiger partial charge in [0.2, 0.25) is 0 Å². The number of hydrogen-bond acceptors (Lipinski definition) is 2. The number of nitriles is 1. The lowest BCUT2D eigenvalue weighted by Crippen LogP contribution is -2.42. The molecule has 2 fully saturated rings. The Balaban J connectivity index is 1.84. The average Bonchev–Trinajstić information content (AvgIpc) is 2.87. The highest BCUT2D eigenvalue weighted by atomic mass is 15.2. The third kappa shape index (κ3) is 1.91. The van der Waals surface area contributed by atoms with E-state index < -0.39 is 0 Å². The van der Waals surface area contributed by atoms with Crippen LogP contribution in [-0.4, -0.2) is 12.6 Å². The Morgan fingerprint density at radius 3 is 2.59 bits per heavy atom. The molecule has 17 heavy (non-hydrogen) atoms. The van der Waals surface area contributed by atoms with Crippen molar-refractivity contribution in [2.75, 3.05) is 11.4 Å². The second-order valence-electron chi connectivity index (χ2n) is 5.25. The van der Waals surface area contributed by atoms with E-state index in [0.717, 1.165) is 17.5 Å². The summed E-state index contributed by atoms with van der Waals surface area (Å²) in [5.41, 5.74) is 2.06. The fraction of sp³-hybridized carbons (Fsp3) is 0.533. The number of piperidine rings is 1. The van der Waals surface area contributed by atoms with Gasteiger partial charge in [-0.3, -0.25) is 0 Å². The smallest absolute Gasteiger partial charge is 0.0991 e. The van der Waals surface area contributed by atoms with Crippen molar-refractivity contribution in [1.82, 2.24) is 0 Å². The van der Waals surface area contributed by atoms with E-state index in [1.807, 2.05) is 12.1 Å². The molecule has 1 aromatic rings. The Morgan fingerprint density at radius 2 is 1.82 bits per heavy atom. The summed E-state index contributed by atoms with van der Waals surface area (Å²) in [7, 11) is 0. The predicted molar refractivity (Wildman–Crippen MR) is 68.9 cm³/mol. The van der Waals surface area contributed by atoms with Crippen LogP contribution in [0.5, 0.6) is 0 Å². The molecule has 0 radical (unpaired) electrons. The minimum absolute atomic E-state index is 0.758. The van der Waals surface area contributed by atoms with Gasteiger partial charge in [0.25, 0.3) is 0 Å². The van der Waals surface area contributed by atoms with Crippen LogP contribution in [-0.2, 0) is 0 Å². The number of nitrogens with zero attached hydrogens (tertiary/aromatic N) is 2. The van der Waals surface area contributed by atoms with Crippen molar-refractivity contribution in [3.8, 4) is 6.07 Å². The normalized spacial score (nSPS) is 27.6. The lowest BCUT2D eigenvalue weighted by molar-refractivity contribution is 0.362. The summed E-state index contributed by atoms with van der Waals surface area (Å²) in [6.07, 6.45) is 6.89. The molecule has 2 atom stereocenters. The zero-order valence-electron chi connectivity index (χ0n) is 10.1. The maximum absolute atomic E-state index is 8.83. The van der Waals surface area contributed by atoms with E-state index >= 15 is 0 Å². The zero-order valence-corrected chi connectivity index (χ0v) is 10.1. The summed E-state index contributed by atoms with van der Waals surface area (Å²) in [5, 5.41) is 8.83. The van der Waals surface area contributed by atoms with Gasteiger partial charge in [0.05, 0.1) is 11.6 Å². The maximum Gasteiger partial charge on any atom is 0.0991 e. The molecule has 2 aliphatic rings. The van der Waals surface area contributed by atoms with Gasteiger partial charge in [-0.05, 0) is 55.9 Å². The van der Waals surface area contributed by atoms with Crippen molar-refractivity contribution >= 4 is 5.69 Å². The van der Waals surface area contributed by atoms with Crippen molar-refractivity contribution in [2.24, 2.45) is 5.92 Å². The van der Waals surface area contributed by atoms with Crippen LogP contribution in [0.1, 0.15) is 37.7 Å². The molecule has 88 valence electrons. The van der Waals surface area contributed by atoms with Crippen molar-refractivity contribution in [1.29, 1.82) is 5.26 Å². The molecule has 3 rings (SSSR count). The largest absolute Gasteiger partial charge is 0.368 e. The number of anilines is 1. The molecule has 2 nitrogen and oxygen atoms in total. The van der Waals surface area contributed by atoms with Gasteiger partial charge in [-0.15, -0.1) is 0 Å². The van der Waals surface area contributed by atoms with Crippen LogP contribution in [0.4, 0.5) is 5.69 Å². The van der Waals surface area contributed by atoms with E-state index in [9.17, 15) is 0 Å². The molecule has 0 amide bonds. The second kappa shape index (κ2) is 4.41. The summed E-state index contributed by atoms with van der Waals surface area (Å²) in [4.78, 5) is 2.57. The fourth-order valence-corrected chi connectivity index (χ4v) is 3.50. The first-order valence-corrected chi connectivity index (χ1v) is 6.65. The minimum Gasteiger partial charge on any atom is -0.368 e. The van der Waals surface area contributed by atoms with Gasteiger partial charge in [-0.1, -0.05) is 6.42 Å². The molecule has 1 aromatic carbocycles. The third-order valence-electron chi connectivity index (χ3n) is 4.32. The van der Waals surface area contributed by atoms with Gasteiger partial charge < -0.3 is 4.90 Å². The molecule has 0 bridgehead atoms. The molecule has 0 spiro atoms. The lowest BCUT2D eigenvalue weighted by Gasteiger charge is -2.39. The Bertz CT molecular complexity index is 429. The van der Waals surface area contributed by atoms with Crippen molar-refractivity contribution < 1.29 is 0 Å². The molecule has 2 unspecified atom stereocenters. The highest BCUT2D eigenvalue weighted by molar-refractivity contribution is 5.51. The molecule has 1 saturated carbocycles. The molecule has 2 heteroatoms. The second-order valence-corrected chi connectivity index (χ2v) is 5.25. The number of benzene rings is 1. The Morgan fingerprint density at radius 1 is 1.06 bits per heavy atom. The van der Waals surface area contributed by atoms with E-state index in [-0.39, 0.29) is 0 Å². The van der Waals surface area contributed by atoms with E-state index in [1.165, 1.54) is 44.3 Å². The summed E-state index contributed by atoms with van der Waals surface area (Å²) in [5.74, 6) is 0.916. The molecular formula is C15H18N2. The number of rotatable bonds is 1. The standard InChI is InChI=1S/C15H18N2/c16-11-12-6-8-14(9-7-12)17-10-2-4-13-3-1-5-15(13)17/h6-9,13,15H,1-5,10H2. The van der Waals surface area contributed by atoms with E-state index in [4.69, 9.17) is 5.26 Å². The van der Waals surface area contributed by atoms with Crippen LogP contribution in [0.2, 0.25) is 0 Å². The summed E-state index contributed by atoms with van der Waals surface area (Å²) >= 11 is 0. The van der Waals surface area contributed by atoms with Crippen LogP contribution >= 0.6 is 0 Å². The summed E-state index contributed by atoms with van der Waals surface area (Å²) in [6, 6.07) is 11.0. The van der Waals surface area contributed by atoms with Gasteiger partial charge >= 0.3 is 0 Å². The molecule has 1 heterocycles. The predicted octanol–water partition coefficient (Wildman–Crippen LogP) is 3.33. The molecule has 0 N–H and O–H groups in total. The van der Waals surface area contributed by atoms with Gasteiger partial charge in [0.15, 0.2) is 0 Å². The highest BCUT2D eigenvalue weighted by Crippen LogP contribution is 2.38.